The van der Waals surface area contributed by atoms with Gasteiger partial charge >= 0.3 is 5.97 Å². The van der Waals surface area contributed by atoms with Crippen molar-refractivity contribution in [1.82, 2.24) is 10.0 Å². The summed E-state index contributed by atoms with van der Waals surface area (Å²) in [5.41, 5.74) is 0.480. The summed E-state index contributed by atoms with van der Waals surface area (Å²) >= 11 is 0.811. The van der Waals surface area contributed by atoms with E-state index in [-0.39, 0.29) is 10.9 Å². The summed E-state index contributed by atoms with van der Waals surface area (Å²) in [4.78, 5) is 39.6. The van der Waals surface area contributed by atoms with Gasteiger partial charge in [0.15, 0.2) is 0 Å². The van der Waals surface area contributed by atoms with Gasteiger partial charge in [0.25, 0.3) is 0 Å². The second kappa shape index (κ2) is 8.06. The highest BCUT2D eigenvalue weighted by atomic mass is 32.2. The highest BCUT2D eigenvalue weighted by Gasteiger charge is 2.14. The summed E-state index contributed by atoms with van der Waals surface area (Å²) in [6.07, 6.45) is 0. The number of hydrogen-bond donors (Lipinski definition) is 3. The SMILES string of the molecule is O=C(CSC(=O)c1ccccc1)NCC(=O)On1c(O)ccc1O. The van der Waals surface area contributed by atoms with E-state index >= 15 is 0 Å². The zero-order valence-electron chi connectivity index (χ0n) is 12.3. The monoisotopic (exact) mass is 350 g/mol. The molecule has 24 heavy (non-hydrogen) atoms. The van der Waals surface area contributed by atoms with Crippen molar-refractivity contribution in [3.63, 3.8) is 0 Å². The average Bonchev–Trinajstić information content (AvgIpc) is 2.90. The predicted octanol–water partition coefficient (Wildman–Crippen LogP) is 0.544. The van der Waals surface area contributed by atoms with Crippen molar-refractivity contribution in [2.45, 2.75) is 0 Å². The van der Waals surface area contributed by atoms with Crippen LogP contribution in [0.5, 0.6) is 11.8 Å². The molecular weight excluding hydrogens is 336 g/mol. The van der Waals surface area contributed by atoms with E-state index in [9.17, 15) is 24.6 Å². The van der Waals surface area contributed by atoms with Crippen LogP contribution in [0.25, 0.3) is 0 Å². The van der Waals surface area contributed by atoms with E-state index in [0.29, 0.717) is 10.3 Å². The van der Waals surface area contributed by atoms with Gasteiger partial charge in [0.2, 0.25) is 22.8 Å². The lowest BCUT2D eigenvalue weighted by Crippen LogP contribution is -2.35. The molecule has 1 amide bonds. The molecule has 9 heteroatoms. The largest absolute Gasteiger partial charge is 0.492 e. The number of carbonyl (C=O) groups excluding carboxylic acids is 3. The van der Waals surface area contributed by atoms with Crippen molar-refractivity contribution in [2.75, 3.05) is 12.3 Å². The molecule has 2 aromatic rings. The number of amides is 1. The van der Waals surface area contributed by atoms with E-state index in [1.54, 1.807) is 30.3 Å². The van der Waals surface area contributed by atoms with Crippen LogP contribution in [0, 0.1) is 0 Å². The van der Waals surface area contributed by atoms with E-state index < -0.39 is 30.2 Å². The average molecular weight is 350 g/mol. The van der Waals surface area contributed by atoms with Crippen LogP contribution in [0.2, 0.25) is 0 Å². The highest BCUT2D eigenvalue weighted by Crippen LogP contribution is 2.18. The molecule has 0 aliphatic carbocycles. The van der Waals surface area contributed by atoms with Crippen molar-refractivity contribution in [3.05, 3.63) is 48.0 Å². The number of thioether (sulfide) groups is 1. The molecule has 126 valence electrons. The number of carbonyl (C=O) groups is 3. The van der Waals surface area contributed by atoms with Crippen molar-refractivity contribution >= 4 is 28.8 Å². The second-order valence-corrected chi connectivity index (χ2v) is 5.47. The van der Waals surface area contributed by atoms with Gasteiger partial charge in [0.05, 0.1) is 5.75 Å². The molecule has 0 saturated carbocycles. The minimum atomic E-state index is -0.899. The second-order valence-electron chi connectivity index (χ2n) is 4.53. The fraction of sp³-hybridized carbons (Fsp3) is 0.133. The van der Waals surface area contributed by atoms with Gasteiger partial charge in [-0.2, -0.15) is 0 Å². The van der Waals surface area contributed by atoms with Crippen molar-refractivity contribution in [3.8, 4) is 11.8 Å². The van der Waals surface area contributed by atoms with E-state index in [4.69, 9.17) is 0 Å². The Morgan fingerprint density at radius 2 is 1.67 bits per heavy atom. The number of aromatic hydroxyl groups is 2. The Morgan fingerprint density at radius 1 is 1.04 bits per heavy atom. The van der Waals surface area contributed by atoms with Gasteiger partial charge in [-0.1, -0.05) is 42.1 Å². The predicted molar refractivity (Wildman–Crippen MR) is 85.6 cm³/mol. The van der Waals surface area contributed by atoms with Gasteiger partial charge in [0.1, 0.15) is 6.54 Å². The summed E-state index contributed by atoms with van der Waals surface area (Å²) in [5.74, 6) is -2.50. The molecule has 0 aliphatic rings. The first kappa shape index (κ1) is 17.4. The lowest BCUT2D eigenvalue weighted by molar-refractivity contribution is -0.145. The lowest BCUT2D eigenvalue weighted by Gasteiger charge is -2.07. The third-order valence-corrected chi connectivity index (χ3v) is 3.67. The Hall–Kier alpha value is -2.94. The van der Waals surface area contributed by atoms with Crippen LogP contribution in [0.3, 0.4) is 0 Å². The van der Waals surface area contributed by atoms with Crippen LogP contribution in [-0.4, -0.2) is 44.2 Å². The van der Waals surface area contributed by atoms with Crippen molar-refractivity contribution in [2.24, 2.45) is 0 Å². The summed E-state index contributed by atoms with van der Waals surface area (Å²) in [6, 6.07) is 10.8. The maximum absolute atomic E-state index is 11.8. The summed E-state index contributed by atoms with van der Waals surface area (Å²) in [7, 11) is 0. The van der Waals surface area contributed by atoms with Crippen LogP contribution < -0.4 is 10.2 Å². The van der Waals surface area contributed by atoms with Crippen LogP contribution in [0.4, 0.5) is 0 Å². The van der Waals surface area contributed by atoms with Crippen molar-refractivity contribution in [1.29, 1.82) is 0 Å². The van der Waals surface area contributed by atoms with E-state index in [1.165, 1.54) is 0 Å². The number of nitrogens with zero attached hydrogens (tertiary/aromatic N) is 1. The zero-order chi connectivity index (χ0) is 17.5. The smallest absolute Gasteiger partial charge is 0.352 e. The molecule has 0 unspecified atom stereocenters. The normalized spacial score (nSPS) is 10.2. The first-order valence-electron chi connectivity index (χ1n) is 6.77. The topological polar surface area (TPSA) is 118 Å². The number of rotatable bonds is 6. The van der Waals surface area contributed by atoms with Gasteiger partial charge in [-0.05, 0) is 0 Å². The molecular formula is C15H14N2O6S. The Morgan fingerprint density at radius 3 is 2.29 bits per heavy atom. The summed E-state index contributed by atoms with van der Waals surface area (Å²) < 4.78 is 0.516. The molecule has 1 aromatic heterocycles. The molecule has 8 nitrogen and oxygen atoms in total. The van der Waals surface area contributed by atoms with Crippen molar-refractivity contribution < 1.29 is 29.4 Å². The highest BCUT2D eigenvalue weighted by molar-refractivity contribution is 8.14. The molecule has 1 aromatic carbocycles. The standard InChI is InChI=1S/C15H14N2O6S/c18-11(9-24-15(22)10-4-2-1-3-5-10)16-8-14(21)23-17-12(19)6-7-13(17)20/h1-7,19-20H,8-9H2,(H,16,18). The molecule has 0 radical (unpaired) electrons. The van der Waals surface area contributed by atoms with Crippen LogP contribution in [-0.2, 0) is 9.59 Å². The van der Waals surface area contributed by atoms with E-state index in [1.807, 2.05) is 0 Å². The molecule has 0 bridgehead atoms. The maximum Gasteiger partial charge on any atom is 0.352 e. The maximum atomic E-state index is 11.8. The Bertz CT molecular complexity index is 724. The van der Waals surface area contributed by atoms with Gasteiger partial charge in [0, 0.05) is 17.7 Å². The Labute approximate surface area is 141 Å². The first-order valence-corrected chi connectivity index (χ1v) is 7.75. The van der Waals surface area contributed by atoms with Gasteiger partial charge < -0.3 is 20.4 Å². The molecule has 0 saturated heterocycles. The summed E-state index contributed by atoms with van der Waals surface area (Å²) in [6.45, 7) is -0.476. The van der Waals surface area contributed by atoms with Crippen LogP contribution >= 0.6 is 11.8 Å². The minimum Gasteiger partial charge on any atom is -0.492 e. The number of nitrogens with one attached hydrogen (secondary N) is 1. The van der Waals surface area contributed by atoms with Gasteiger partial charge in [-0.15, -0.1) is 4.73 Å². The molecule has 0 atom stereocenters. The molecule has 0 aliphatic heterocycles. The minimum absolute atomic E-state index is 0.152. The molecule has 0 spiro atoms. The van der Waals surface area contributed by atoms with Crippen LogP contribution in [0.1, 0.15) is 10.4 Å². The molecule has 3 N–H and O–H groups in total. The van der Waals surface area contributed by atoms with Gasteiger partial charge in [-0.3, -0.25) is 9.59 Å². The lowest BCUT2D eigenvalue weighted by atomic mass is 10.2. The molecule has 2 rings (SSSR count). The molecule has 1 heterocycles. The number of hydrogen-bond acceptors (Lipinski definition) is 7. The summed E-state index contributed by atoms with van der Waals surface area (Å²) in [5, 5.41) is 20.6. The van der Waals surface area contributed by atoms with E-state index in [2.05, 4.69) is 10.2 Å². The Kier molecular flexibility index (Phi) is 5.85. The number of benzene rings is 1. The van der Waals surface area contributed by atoms with Gasteiger partial charge in [-0.25, -0.2) is 4.79 Å². The van der Waals surface area contributed by atoms with Crippen LogP contribution in [0.15, 0.2) is 42.5 Å². The zero-order valence-corrected chi connectivity index (χ0v) is 13.2. The first-order chi connectivity index (χ1) is 11.5. The molecule has 0 fully saturated rings. The van der Waals surface area contributed by atoms with E-state index in [0.717, 1.165) is 23.9 Å². The fourth-order valence-corrected chi connectivity index (χ4v) is 2.31. The Balaban J connectivity index is 1.73. The fourth-order valence-electron chi connectivity index (χ4n) is 1.64. The third kappa shape index (κ3) is 4.78. The third-order valence-electron chi connectivity index (χ3n) is 2.76. The number of aromatic nitrogens is 1. The quantitative estimate of drug-likeness (QED) is 0.696.